The number of aryl methyl sites for hydroxylation is 1. The molecule has 0 radical (unpaired) electrons. The maximum Gasteiger partial charge on any atom is 0.323 e. The van der Waals surface area contributed by atoms with E-state index in [0.29, 0.717) is 11.3 Å². The van der Waals surface area contributed by atoms with Gasteiger partial charge in [-0.25, -0.2) is 0 Å². The summed E-state index contributed by atoms with van der Waals surface area (Å²) in [6, 6.07) is 3.45. The quantitative estimate of drug-likeness (QED) is 0.899. The van der Waals surface area contributed by atoms with Crippen molar-refractivity contribution in [2.45, 2.75) is 38.6 Å². The first-order chi connectivity index (χ1) is 9.09. The number of carboxylic acid groups (broad SMARTS) is 1. The molecule has 0 unspecified atom stereocenters. The van der Waals surface area contributed by atoms with Gasteiger partial charge in [0.2, 0.25) is 0 Å². The SMILES string of the molecule is Cc1ncccc1C(=O)N(CC(=O)O)C1CCCC1. The fourth-order valence-corrected chi connectivity index (χ4v) is 2.59. The Morgan fingerprint density at radius 1 is 1.42 bits per heavy atom. The first kappa shape index (κ1) is 13.5. The minimum Gasteiger partial charge on any atom is -0.480 e. The lowest BCUT2D eigenvalue weighted by molar-refractivity contribution is -0.138. The van der Waals surface area contributed by atoms with Crippen LogP contribution in [0.4, 0.5) is 0 Å². The van der Waals surface area contributed by atoms with Crippen LogP contribution in [0, 0.1) is 6.92 Å². The molecule has 1 amide bonds. The Morgan fingerprint density at radius 3 is 2.68 bits per heavy atom. The lowest BCUT2D eigenvalue weighted by Gasteiger charge is -2.27. The van der Waals surface area contributed by atoms with E-state index in [1.807, 2.05) is 0 Å². The van der Waals surface area contributed by atoms with E-state index >= 15 is 0 Å². The monoisotopic (exact) mass is 262 g/mol. The minimum atomic E-state index is -0.971. The van der Waals surface area contributed by atoms with E-state index < -0.39 is 5.97 Å². The zero-order valence-electron chi connectivity index (χ0n) is 11.0. The predicted molar refractivity (Wildman–Crippen MR) is 69.9 cm³/mol. The average Bonchev–Trinajstić information content (AvgIpc) is 2.89. The average molecular weight is 262 g/mol. The molecule has 0 spiro atoms. The van der Waals surface area contributed by atoms with Gasteiger partial charge >= 0.3 is 5.97 Å². The lowest BCUT2D eigenvalue weighted by Crippen LogP contribution is -2.42. The number of hydrogen-bond donors (Lipinski definition) is 1. The molecule has 0 atom stereocenters. The molecule has 1 aliphatic rings. The van der Waals surface area contributed by atoms with Crippen molar-refractivity contribution in [2.75, 3.05) is 6.54 Å². The smallest absolute Gasteiger partial charge is 0.323 e. The van der Waals surface area contributed by atoms with Crippen LogP contribution < -0.4 is 0 Å². The van der Waals surface area contributed by atoms with Crippen molar-refractivity contribution in [3.05, 3.63) is 29.6 Å². The first-order valence-corrected chi connectivity index (χ1v) is 6.54. The number of carbonyl (C=O) groups excluding carboxylic acids is 1. The molecule has 102 valence electrons. The number of nitrogens with zero attached hydrogens (tertiary/aromatic N) is 2. The zero-order chi connectivity index (χ0) is 13.8. The maximum absolute atomic E-state index is 12.5. The molecule has 5 nitrogen and oxygen atoms in total. The summed E-state index contributed by atoms with van der Waals surface area (Å²) < 4.78 is 0. The molecular formula is C14H18N2O3. The second kappa shape index (κ2) is 5.82. The van der Waals surface area contributed by atoms with E-state index in [2.05, 4.69) is 4.98 Å². The largest absolute Gasteiger partial charge is 0.480 e. The number of aromatic nitrogens is 1. The van der Waals surface area contributed by atoms with Gasteiger partial charge in [-0.05, 0) is 31.9 Å². The summed E-state index contributed by atoms with van der Waals surface area (Å²) in [5.74, 6) is -1.19. The van der Waals surface area contributed by atoms with Crippen molar-refractivity contribution in [3.8, 4) is 0 Å². The Morgan fingerprint density at radius 2 is 2.11 bits per heavy atom. The Kier molecular flexibility index (Phi) is 4.14. The van der Waals surface area contributed by atoms with Crippen molar-refractivity contribution in [2.24, 2.45) is 0 Å². The number of carboxylic acids is 1. The van der Waals surface area contributed by atoms with Crippen LogP contribution in [-0.4, -0.2) is 39.5 Å². The molecule has 1 saturated carbocycles. The topological polar surface area (TPSA) is 70.5 Å². The van der Waals surface area contributed by atoms with Crippen LogP contribution >= 0.6 is 0 Å². The molecule has 1 fully saturated rings. The van der Waals surface area contributed by atoms with Crippen LogP contribution in [-0.2, 0) is 4.79 Å². The molecule has 0 saturated heterocycles. The van der Waals surface area contributed by atoms with Crippen LogP contribution in [0.2, 0.25) is 0 Å². The summed E-state index contributed by atoms with van der Waals surface area (Å²) >= 11 is 0. The second-order valence-electron chi connectivity index (χ2n) is 4.90. The van der Waals surface area contributed by atoms with Crippen LogP contribution in [0.1, 0.15) is 41.7 Å². The molecule has 0 bridgehead atoms. The molecule has 1 aromatic heterocycles. The molecule has 1 N–H and O–H groups in total. The Balaban J connectivity index is 2.24. The number of pyridine rings is 1. The van der Waals surface area contributed by atoms with Gasteiger partial charge in [-0.1, -0.05) is 12.8 Å². The normalized spacial score (nSPS) is 15.4. The van der Waals surface area contributed by atoms with Gasteiger partial charge in [0.25, 0.3) is 5.91 Å². The minimum absolute atomic E-state index is 0.0446. The Labute approximate surface area is 112 Å². The van der Waals surface area contributed by atoms with E-state index in [1.165, 1.54) is 4.90 Å². The standard InChI is InChI=1S/C14H18N2O3/c1-10-12(7-4-8-15-10)14(19)16(9-13(17)18)11-5-2-3-6-11/h4,7-8,11H,2-3,5-6,9H2,1H3,(H,17,18). The second-order valence-corrected chi connectivity index (χ2v) is 4.90. The lowest BCUT2D eigenvalue weighted by atomic mass is 10.1. The fraction of sp³-hybridized carbons (Fsp3) is 0.500. The molecule has 1 aromatic rings. The van der Waals surface area contributed by atoms with Gasteiger partial charge in [-0.2, -0.15) is 0 Å². The van der Waals surface area contributed by atoms with Crippen molar-refractivity contribution in [1.82, 2.24) is 9.88 Å². The van der Waals surface area contributed by atoms with Gasteiger partial charge in [0, 0.05) is 17.9 Å². The summed E-state index contributed by atoms with van der Waals surface area (Å²) in [4.78, 5) is 29.1. The van der Waals surface area contributed by atoms with E-state index in [1.54, 1.807) is 25.3 Å². The van der Waals surface area contributed by atoms with E-state index in [0.717, 1.165) is 25.7 Å². The summed E-state index contributed by atoms with van der Waals surface area (Å²) in [5, 5.41) is 9.00. The summed E-state index contributed by atoms with van der Waals surface area (Å²) in [5.41, 5.74) is 1.14. The van der Waals surface area contributed by atoms with Gasteiger partial charge < -0.3 is 10.0 Å². The van der Waals surface area contributed by atoms with Crippen LogP contribution in [0.25, 0.3) is 0 Å². The molecule has 19 heavy (non-hydrogen) atoms. The number of aliphatic carboxylic acids is 1. The van der Waals surface area contributed by atoms with Crippen LogP contribution in [0.5, 0.6) is 0 Å². The summed E-state index contributed by atoms with van der Waals surface area (Å²) in [6.07, 6.45) is 5.51. The first-order valence-electron chi connectivity index (χ1n) is 6.54. The Bertz CT molecular complexity index is 481. The highest BCUT2D eigenvalue weighted by Gasteiger charge is 2.29. The molecule has 0 aliphatic heterocycles. The molecular weight excluding hydrogens is 244 g/mol. The van der Waals surface area contributed by atoms with Crippen LogP contribution in [0.3, 0.4) is 0 Å². The van der Waals surface area contributed by atoms with E-state index in [-0.39, 0.29) is 18.5 Å². The number of amides is 1. The fourth-order valence-electron chi connectivity index (χ4n) is 2.59. The number of hydrogen-bond acceptors (Lipinski definition) is 3. The molecule has 0 aromatic carbocycles. The van der Waals surface area contributed by atoms with Gasteiger partial charge in [0.1, 0.15) is 6.54 Å². The highest BCUT2D eigenvalue weighted by molar-refractivity contribution is 5.96. The summed E-state index contributed by atoms with van der Waals surface area (Å²) in [6.45, 7) is 1.53. The van der Waals surface area contributed by atoms with E-state index in [9.17, 15) is 9.59 Å². The van der Waals surface area contributed by atoms with Gasteiger partial charge in [-0.3, -0.25) is 14.6 Å². The van der Waals surface area contributed by atoms with Crippen molar-refractivity contribution in [1.29, 1.82) is 0 Å². The Hall–Kier alpha value is -1.91. The highest BCUT2D eigenvalue weighted by Crippen LogP contribution is 2.25. The molecule has 1 aliphatic carbocycles. The predicted octanol–water partition coefficient (Wildman–Crippen LogP) is 1.86. The third-order valence-corrected chi connectivity index (χ3v) is 3.57. The zero-order valence-corrected chi connectivity index (χ0v) is 11.0. The number of carbonyl (C=O) groups is 2. The van der Waals surface area contributed by atoms with Gasteiger partial charge in [0.15, 0.2) is 0 Å². The number of rotatable bonds is 4. The van der Waals surface area contributed by atoms with Gasteiger partial charge in [0.05, 0.1) is 5.56 Å². The van der Waals surface area contributed by atoms with Gasteiger partial charge in [-0.15, -0.1) is 0 Å². The third kappa shape index (κ3) is 3.10. The van der Waals surface area contributed by atoms with Crippen LogP contribution in [0.15, 0.2) is 18.3 Å². The molecule has 1 heterocycles. The summed E-state index contributed by atoms with van der Waals surface area (Å²) in [7, 11) is 0. The maximum atomic E-state index is 12.5. The molecule has 2 rings (SSSR count). The van der Waals surface area contributed by atoms with Crippen molar-refractivity contribution in [3.63, 3.8) is 0 Å². The van der Waals surface area contributed by atoms with E-state index in [4.69, 9.17) is 5.11 Å². The van der Waals surface area contributed by atoms with Crippen molar-refractivity contribution < 1.29 is 14.7 Å². The highest BCUT2D eigenvalue weighted by atomic mass is 16.4. The molecule has 5 heteroatoms. The van der Waals surface area contributed by atoms with Crippen molar-refractivity contribution >= 4 is 11.9 Å². The third-order valence-electron chi connectivity index (χ3n) is 3.57.